The molecule has 0 aromatic carbocycles. The number of nitrogens with one attached hydrogen (secondary N) is 1. The Labute approximate surface area is 122 Å². The van der Waals surface area contributed by atoms with Gasteiger partial charge in [-0.3, -0.25) is 14.9 Å². The van der Waals surface area contributed by atoms with Crippen molar-refractivity contribution < 1.29 is 4.79 Å². The first-order valence-corrected chi connectivity index (χ1v) is 6.71. The van der Waals surface area contributed by atoms with Crippen LogP contribution in [0.1, 0.15) is 35.4 Å². The Bertz CT molecular complexity index is 630. The molecule has 2 aromatic rings. The molecule has 21 heavy (non-hydrogen) atoms. The minimum atomic E-state index is -0.287. The van der Waals surface area contributed by atoms with Crippen LogP contribution < -0.4 is 0 Å². The lowest BCUT2D eigenvalue weighted by atomic mass is 10.2. The largest absolute Gasteiger partial charge is 0.330 e. The molecule has 0 atom stereocenters. The first kappa shape index (κ1) is 14.7. The molecule has 0 aliphatic carbocycles. The number of aryl methyl sites for hydroxylation is 1. The van der Waals surface area contributed by atoms with Gasteiger partial charge in [-0.1, -0.05) is 13.0 Å². The molecule has 2 aromatic heterocycles. The minimum Gasteiger partial charge on any atom is -0.330 e. The van der Waals surface area contributed by atoms with Gasteiger partial charge in [0.25, 0.3) is 5.91 Å². The predicted octanol–water partition coefficient (Wildman–Crippen LogP) is 1.32. The normalized spacial score (nSPS) is 10.1. The highest BCUT2D eigenvalue weighted by molar-refractivity contribution is 5.90. The second kappa shape index (κ2) is 7.14. The summed E-state index contributed by atoms with van der Waals surface area (Å²) >= 11 is 0. The molecule has 0 unspecified atom stereocenters. The van der Waals surface area contributed by atoms with Gasteiger partial charge in [-0.15, -0.1) is 5.10 Å². The van der Waals surface area contributed by atoms with Crippen LogP contribution in [0.25, 0.3) is 0 Å². The van der Waals surface area contributed by atoms with Crippen molar-refractivity contribution in [3.05, 3.63) is 41.7 Å². The number of amides is 1. The summed E-state index contributed by atoms with van der Waals surface area (Å²) in [6.07, 6.45) is 4.31. The van der Waals surface area contributed by atoms with Crippen molar-refractivity contribution in [2.24, 2.45) is 0 Å². The van der Waals surface area contributed by atoms with Gasteiger partial charge in [0, 0.05) is 31.9 Å². The minimum absolute atomic E-state index is 0.133. The van der Waals surface area contributed by atoms with E-state index in [1.54, 1.807) is 17.3 Å². The van der Waals surface area contributed by atoms with E-state index in [0.29, 0.717) is 25.3 Å². The predicted molar refractivity (Wildman–Crippen MR) is 75.0 cm³/mol. The number of H-pyrrole nitrogens is 1. The van der Waals surface area contributed by atoms with Gasteiger partial charge in [0.1, 0.15) is 5.82 Å². The lowest BCUT2D eigenvalue weighted by Crippen LogP contribution is -2.32. The molecular formula is C14H16N6O. The van der Waals surface area contributed by atoms with Crippen molar-refractivity contribution >= 4 is 5.91 Å². The van der Waals surface area contributed by atoms with Crippen LogP contribution in [-0.2, 0) is 13.0 Å². The molecule has 0 aliphatic heterocycles. The maximum atomic E-state index is 12.4. The summed E-state index contributed by atoms with van der Waals surface area (Å²) in [4.78, 5) is 22.2. The molecule has 1 N–H and O–H groups in total. The third kappa shape index (κ3) is 3.86. The number of pyridine rings is 1. The van der Waals surface area contributed by atoms with E-state index < -0.39 is 0 Å². The van der Waals surface area contributed by atoms with Crippen LogP contribution in [0.15, 0.2) is 24.5 Å². The van der Waals surface area contributed by atoms with E-state index in [0.717, 1.165) is 5.56 Å². The number of hydrogen-bond acceptors (Lipinski definition) is 5. The second-order valence-corrected chi connectivity index (χ2v) is 4.46. The highest BCUT2D eigenvalue weighted by Crippen LogP contribution is 2.08. The van der Waals surface area contributed by atoms with E-state index >= 15 is 0 Å². The molecule has 0 bridgehead atoms. The number of aromatic nitrogens is 4. The standard InChI is InChI=1S/C14H16N6O/c1-2-12-17-13(19-18-12)14(21)20(8-4-6-15)10-11-5-3-7-16-9-11/h3,5,7,9H,2,4,8,10H2,1H3,(H,17,18,19). The number of nitriles is 1. The number of hydrogen-bond donors (Lipinski definition) is 1. The monoisotopic (exact) mass is 284 g/mol. The summed E-state index contributed by atoms with van der Waals surface area (Å²) in [7, 11) is 0. The van der Waals surface area contributed by atoms with Gasteiger partial charge in [-0.05, 0) is 11.6 Å². The number of aromatic amines is 1. The number of carbonyl (C=O) groups is 1. The third-order valence-corrected chi connectivity index (χ3v) is 2.93. The Morgan fingerprint density at radius 1 is 1.52 bits per heavy atom. The number of nitrogens with zero attached hydrogens (tertiary/aromatic N) is 5. The van der Waals surface area contributed by atoms with Crippen molar-refractivity contribution in [2.45, 2.75) is 26.3 Å². The van der Waals surface area contributed by atoms with Gasteiger partial charge in [0.15, 0.2) is 0 Å². The van der Waals surface area contributed by atoms with Crippen LogP contribution in [0, 0.1) is 11.3 Å². The fourth-order valence-corrected chi connectivity index (χ4v) is 1.84. The zero-order valence-corrected chi connectivity index (χ0v) is 11.8. The Hall–Kier alpha value is -2.75. The molecule has 7 nitrogen and oxygen atoms in total. The second-order valence-electron chi connectivity index (χ2n) is 4.46. The van der Waals surface area contributed by atoms with E-state index in [1.165, 1.54) is 0 Å². The molecule has 2 rings (SSSR count). The highest BCUT2D eigenvalue weighted by Gasteiger charge is 2.20. The summed E-state index contributed by atoms with van der Waals surface area (Å²) in [6.45, 7) is 2.64. The van der Waals surface area contributed by atoms with E-state index in [1.807, 2.05) is 25.1 Å². The molecule has 0 fully saturated rings. The average molecular weight is 284 g/mol. The highest BCUT2D eigenvalue weighted by atomic mass is 16.2. The van der Waals surface area contributed by atoms with E-state index in [4.69, 9.17) is 5.26 Å². The van der Waals surface area contributed by atoms with Gasteiger partial charge >= 0.3 is 0 Å². The van der Waals surface area contributed by atoms with Crippen molar-refractivity contribution in [3.8, 4) is 6.07 Å². The fourth-order valence-electron chi connectivity index (χ4n) is 1.84. The Kier molecular flexibility index (Phi) is 4.99. The Morgan fingerprint density at radius 2 is 2.38 bits per heavy atom. The maximum Gasteiger partial charge on any atom is 0.293 e. The van der Waals surface area contributed by atoms with Gasteiger partial charge < -0.3 is 4.90 Å². The number of carbonyl (C=O) groups excluding carboxylic acids is 1. The fraction of sp³-hybridized carbons (Fsp3) is 0.357. The van der Waals surface area contributed by atoms with Crippen LogP contribution >= 0.6 is 0 Å². The maximum absolute atomic E-state index is 12.4. The van der Waals surface area contributed by atoms with Crippen LogP contribution in [0.3, 0.4) is 0 Å². The Morgan fingerprint density at radius 3 is 3.00 bits per heavy atom. The van der Waals surface area contributed by atoms with Gasteiger partial charge in [-0.2, -0.15) is 5.26 Å². The zero-order chi connectivity index (χ0) is 15.1. The van der Waals surface area contributed by atoms with Crippen molar-refractivity contribution in [3.63, 3.8) is 0 Å². The first-order valence-electron chi connectivity index (χ1n) is 6.71. The SMILES string of the molecule is CCc1nc(C(=O)N(CCC#N)Cc2cccnc2)n[nH]1. The van der Waals surface area contributed by atoms with Crippen molar-refractivity contribution in [1.82, 2.24) is 25.1 Å². The molecule has 0 saturated heterocycles. The molecule has 0 radical (unpaired) electrons. The molecule has 7 heteroatoms. The molecule has 0 saturated carbocycles. The summed E-state index contributed by atoms with van der Waals surface area (Å²) in [5.41, 5.74) is 0.898. The molecule has 1 amide bonds. The molecule has 0 spiro atoms. The van der Waals surface area contributed by atoms with Gasteiger partial charge in [0.05, 0.1) is 12.5 Å². The molecule has 108 valence electrons. The number of rotatable bonds is 6. The molecule has 0 aliphatic rings. The third-order valence-electron chi connectivity index (χ3n) is 2.93. The van der Waals surface area contributed by atoms with Crippen LogP contribution in [0.2, 0.25) is 0 Å². The lowest BCUT2D eigenvalue weighted by molar-refractivity contribution is 0.0734. The molecule has 2 heterocycles. The molecular weight excluding hydrogens is 268 g/mol. The van der Waals surface area contributed by atoms with Crippen LogP contribution in [-0.4, -0.2) is 37.5 Å². The quantitative estimate of drug-likeness (QED) is 0.862. The summed E-state index contributed by atoms with van der Waals surface area (Å²) < 4.78 is 0. The average Bonchev–Trinajstić information content (AvgIpc) is 3.00. The van der Waals surface area contributed by atoms with Crippen molar-refractivity contribution in [1.29, 1.82) is 5.26 Å². The first-order chi connectivity index (χ1) is 10.2. The Balaban J connectivity index is 2.15. The zero-order valence-electron chi connectivity index (χ0n) is 11.8. The van der Waals surface area contributed by atoms with Crippen LogP contribution in [0.5, 0.6) is 0 Å². The van der Waals surface area contributed by atoms with Crippen molar-refractivity contribution in [2.75, 3.05) is 6.54 Å². The van der Waals surface area contributed by atoms with Gasteiger partial charge in [-0.25, -0.2) is 4.98 Å². The van der Waals surface area contributed by atoms with E-state index in [-0.39, 0.29) is 18.2 Å². The van der Waals surface area contributed by atoms with E-state index in [2.05, 4.69) is 20.2 Å². The lowest BCUT2D eigenvalue weighted by Gasteiger charge is -2.19. The summed E-state index contributed by atoms with van der Waals surface area (Å²) in [5, 5.41) is 15.4. The smallest absolute Gasteiger partial charge is 0.293 e. The summed E-state index contributed by atoms with van der Waals surface area (Å²) in [5.74, 6) is 0.513. The van der Waals surface area contributed by atoms with Gasteiger partial charge in [0.2, 0.25) is 5.82 Å². The van der Waals surface area contributed by atoms with Crippen LogP contribution in [0.4, 0.5) is 0 Å². The summed E-state index contributed by atoms with van der Waals surface area (Å²) in [6, 6.07) is 5.74. The topological polar surface area (TPSA) is 98.6 Å². The van der Waals surface area contributed by atoms with E-state index in [9.17, 15) is 4.79 Å².